The molecular weight excluding hydrogens is 865 g/mol. The molecule has 6 heteroatoms. The van der Waals surface area contributed by atoms with Crippen LogP contribution in [0.4, 0.5) is 0 Å². The van der Waals surface area contributed by atoms with Crippen molar-refractivity contribution >= 4 is 11.9 Å². The van der Waals surface area contributed by atoms with Crippen molar-refractivity contribution in [1.29, 1.82) is 0 Å². The van der Waals surface area contributed by atoms with Crippen LogP contribution in [0.5, 0.6) is 23.0 Å². The van der Waals surface area contributed by atoms with Gasteiger partial charge in [-0.2, -0.15) is 0 Å². The molecule has 0 atom stereocenters. The van der Waals surface area contributed by atoms with Crippen LogP contribution in [0.15, 0.2) is 109 Å². The Morgan fingerprint density at radius 1 is 0.371 bits per heavy atom. The number of esters is 2. The fourth-order valence-electron chi connectivity index (χ4n) is 9.11. The van der Waals surface area contributed by atoms with Crippen molar-refractivity contribution in [3.8, 4) is 23.0 Å². The normalized spacial score (nSPS) is 13.1. The first-order valence-corrected chi connectivity index (χ1v) is 25.4. The molecule has 0 aliphatic heterocycles. The van der Waals surface area contributed by atoms with Gasteiger partial charge in [0.2, 0.25) is 0 Å². The molecule has 1 aliphatic rings. The lowest BCUT2D eigenvalue weighted by Crippen LogP contribution is -2.19. The molecular formula is C64H76O6. The van der Waals surface area contributed by atoms with E-state index in [1.165, 1.54) is 0 Å². The highest BCUT2D eigenvalue weighted by Gasteiger charge is 2.31. The van der Waals surface area contributed by atoms with Crippen LogP contribution in [0.1, 0.15) is 197 Å². The Hall–Kier alpha value is -6.14. The van der Waals surface area contributed by atoms with Gasteiger partial charge in [0, 0.05) is 47.9 Å². The molecule has 6 nitrogen and oxygen atoms in total. The quantitative estimate of drug-likeness (QED) is 0.100. The van der Waals surface area contributed by atoms with Crippen LogP contribution in [0.25, 0.3) is 0 Å². The summed E-state index contributed by atoms with van der Waals surface area (Å²) in [5, 5.41) is 0. The first-order chi connectivity index (χ1) is 32.9. The molecule has 6 aromatic carbocycles. The van der Waals surface area contributed by atoms with Crippen LogP contribution in [0.2, 0.25) is 0 Å². The molecule has 368 valence electrons. The standard InChI is InChI=1S/C64H76O6/c1-15-27-67-55-43-29-47-37-53(63(9,10)11)39-49(57(47)69-59(65)41-23-19-17-20-24-41)31-45-35-52(62(6,7)8)36-46(56(45)68-28-16-2)32-50-40-54(64(12,13)14)38-48(30-44(55)34-51(33-43)61(3,4)5)58(50)70-60(66)42-25-21-18-22-26-42/h17-26,33-40H,15-16,27-32H2,1-14H3. The molecule has 0 N–H and O–H groups in total. The average Bonchev–Trinajstić information content (AvgIpc) is 3.29. The number of hydrogen-bond acceptors (Lipinski definition) is 6. The van der Waals surface area contributed by atoms with Gasteiger partial charge in [0.05, 0.1) is 24.3 Å². The van der Waals surface area contributed by atoms with Crippen LogP contribution in [-0.4, -0.2) is 25.2 Å². The zero-order valence-electron chi connectivity index (χ0n) is 44.5. The second kappa shape index (κ2) is 20.7. The van der Waals surface area contributed by atoms with Crippen molar-refractivity contribution in [3.63, 3.8) is 0 Å². The van der Waals surface area contributed by atoms with Gasteiger partial charge in [-0.25, -0.2) is 9.59 Å². The maximum atomic E-state index is 14.4. The molecule has 0 aromatic heterocycles. The largest absolute Gasteiger partial charge is 0.493 e. The molecule has 0 radical (unpaired) electrons. The SMILES string of the molecule is CCCOc1c2cc(C(C)(C)C)cc1Cc1cc(C(C)(C)C)cc(c1OC(=O)c1ccccc1)Cc1cc(C(C)(C)C)cc(c1OCCC)Cc1cc(C(C)(C)C)cc(c1OC(=O)c1ccccc1)C2. The Bertz CT molecular complexity index is 2550. The van der Waals surface area contributed by atoms with E-state index in [1.807, 2.05) is 36.4 Å². The second-order valence-electron chi connectivity index (χ2n) is 23.4. The fraction of sp³-hybridized carbons (Fsp3) is 0.406. The molecule has 0 amide bonds. The van der Waals surface area contributed by atoms with E-state index >= 15 is 0 Å². The zero-order chi connectivity index (χ0) is 50.8. The van der Waals surface area contributed by atoms with Gasteiger partial charge < -0.3 is 18.9 Å². The van der Waals surface area contributed by atoms with Crippen molar-refractivity contribution in [3.05, 3.63) is 187 Å². The number of rotatable bonds is 10. The maximum absolute atomic E-state index is 14.4. The van der Waals surface area contributed by atoms with E-state index in [0.29, 0.717) is 61.5 Å². The molecule has 0 fully saturated rings. The van der Waals surface area contributed by atoms with Crippen molar-refractivity contribution < 1.29 is 28.5 Å². The summed E-state index contributed by atoms with van der Waals surface area (Å²) in [6.45, 7) is 32.1. The van der Waals surface area contributed by atoms with E-state index in [2.05, 4.69) is 145 Å². The van der Waals surface area contributed by atoms with Gasteiger partial charge in [-0.1, -0.05) is 182 Å². The third kappa shape index (κ3) is 12.1. The first kappa shape index (κ1) is 51.7. The summed E-state index contributed by atoms with van der Waals surface area (Å²) in [5.74, 6) is 1.87. The van der Waals surface area contributed by atoms with Gasteiger partial charge in [0.25, 0.3) is 0 Å². The average molecular weight is 941 g/mol. The molecule has 0 heterocycles. The van der Waals surface area contributed by atoms with Crippen molar-refractivity contribution in [2.45, 2.75) is 157 Å². The van der Waals surface area contributed by atoms with Crippen LogP contribution < -0.4 is 18.9 Å². The highest BCUT2D eigenvalue weighted by molar-refractivity contribution is 5.92. The predicted molar refractivity (Wildman–Crippen MR) is 286 cm³/mol. The summed E-state index contributed by atoms with van der Waals surface area (Å²) in [5.41, 5.74) is 12.1. The van der Waals surface area contributed by atoms with Crippen LogP contribution >= 0.6 is 0 Å². The lowest BCUT2D eigenvalue weighted by atomic mass is 9.79. The van der Waals surface area contributed by atoms with Crippen LogP contribution in [-0.2, 0) is 47.3 Å². The zero-order valence-corrected chi connectivity index (χ0v) is 44.5. The first-order valence-electron chi connectivity index (χ1n) is 25.4. The molecule has 0 saturated heterocycles. The number of ether oxygens (including phenoxy) is 4. The van der Waals surface area contributed by atoms with Gasteiger partial charge >= 0.3 is 11.9 Å². The fourth-order valence-corrected chi connectivity index (χ4v) is 9.11. The Labute approximate surface area is 419 Å². The minimum Gasteiger partial charge on any atom is -0.493 e. The number of fused-ring (bicyclic) bond motifs is 8. The van der Waals surface area contributed by atoms with Crippen LogP contribution in [0, 0.1) is 0 Å². The summed E-state index contributed by atoms with van der Waals surface area (Å²) < 4.78 is 27.4. The Morgan fingerprint density at radius 2 is 0.600 bits per heavy atom. The second-order valence-corrected chi connectivity index (χ2v) is 23.4. The van der Waals surface area contributed by atoms with E-state index < -0.39 is 11.9 Å². The highest BCUT2D eigenvalue weighted by atomic mass is 16.5. The minimum atomic E-state index is -0.412. The molecule has 70 heavy (non-hydrogen) atoms. The number of carbonyl (C=O) groups is 2. The monoisotopic (exact) mass is 941 g/mol. The third-order valence-electron chi connectivity index (χ3n) is 13.3. The lowest BCUT2D eigenvalue weighted by Gasteiger charge is -2.29. The number of hydrogen-bond donors (Lipinski definition) is 0. The molecule has 0 spiro atoms. The van der Waals surface area contributed by atoms with Crippen molar-refractivity contribution in [1.82, 2.24) is 0 Å². The van der Waals surface area contributed by atoms with Gasteiger partial charge in [0.1, 0.15) is 23.0 Å². The van der Waals surface area contributed by atoms with E-state index in [9.17, 15) is 9.59 Å². The van der Waals surface area contributed by atoms with Crippen molar-refractivity contribution in [2.24, 2.45) is 0 Å². The Balaban J connectivity index is 1.65. The molecule has 1 aliphatic carbocycles. The van der Waals surface area contributed by atoms with Gasteiger partial charge in [-0.15, -0.1) is 0 Å². The van der Waals surface area contributed by atoms with E-state index in [1.54, 1.807) is 24.3 Å². The van der Waals surface area contributed by atoms with Gasteiger partial charge in [0.15, 0.2) is 0 Å². The maximum Gasteiger partial charge on any atom is 0.343 e. The third-order valence-corrected chi connectivity index (χ3v) is 13.3. The highest BCUT2D eigenvalue weighted by Crippen LogP contribution is 2.45. The van der Waals surface area contributed by atoms with E-state index in [-0.39, 0.29) is 21.7 Å². The molecule has 0 saturated carbocycles. The molecule has 8 bridgehead atoms. The summed E-state index contributed by atoms with van der Waals surface area (Å²) in [4.78, 5) is 28.8. The number of benzene rings is 6. The van der Waals surface area contributed by atoms with Gasteiger partial charge in [-0.05, 0) is 103 Å². The van der Waals surface area contributed by atoms with Crippen molar-refractivity contribution in [2.75, 3.05) is 13.2 Å². The summed E-state index contributed by atoms with van der Waals surface area (Å²) in [6, 6.07) is 36.6. The predicted octanol–water partition coefficient (Wildman–Crippen LogP) is 15.6. The molecule has 0 unspecified atom stereocenters. The Morgan fingerprint density at radius 3 is 0.814 bits per heavy atom. The lowest BCUT2D eigenvalue weighted by molar-refractivity contribution is 0.0722. The van der Waals surface area contributed by atoms with E-state index in [4.69, 9.17) is 18.9 Å². The summed E-state index contributed by atoms with van der Waals surface area (Å²) in [6.07, 6.45) is 3.34. The molecule has 7 rings (SSSR count). The Kier molecular flexibility index (Phi) is 15.3. The summed E-state index contributed by atoms with van der Waals surface area (Å²) in [7, 11) is 0. The summed E-state index contributed by atoms with van der Waals surface area (Å²) >= 11 is 0. The smallest absolute Gasteiger partial charge is 0.343 e. The number of carbonyl (C=O) groups excluding carboxylic acids is 2. The molecule has 6 aromatic rings. The topological polar surface area (TPSA) is 71.1 Å². The van der Waals surface area contributed by atoms with E-state index in [0.717, 1.165) is 91.1 Å². The van der Waals surface area contributed by atoms with Crippen LogP contribution in [0.3, 0.4) is 0 Å². The minimum absolute atomic E-state index is 0.238. The van der Waals surface area contributed by atoms with Gasteiger partial charge in [-0.3, -0.25) is 0 Å².